The highest BCUT2D eigenvalue weighted by Gasteiger charge is 2.39. The van der Waals surface area contributed by atoms with Gasteiger partial charge < -0.3 is 20.4 Å². The number of hydrogen-bond acceptors (Lipinski definition) is 5. The molecule has 2 aromatic rings. The van der Waals surface area contributed by atoms with Gasteiger partial charge in [-0.2, -0.15) is 0 Å². The van der Waals surface area contributed by atoms with Gasteiger partial charge in [0.05, 0.1) is 17.9 Å². The van der Waals surface area contributed by atoms with Crippen LogP contribution < -0.4 is 20.4 Å². The number of fused-ring (bicyclic) bond motifs is 1. The summed E-state index contributed by atoms with van der Waals surface area (Å²) < 4.78 is 0. The molecular weight excluding hydrogens is 480 g/mol. The predicted octanol–water partition coefficient (Wildman–Crippen LogP) is 5.18. The van der Waals surface area contributed by atoms with Crippen LogP contribution in [0.5, 0.6) is 0 Å². The van der Waals surface area contributed by atoms with Crippen LogP contribution in [0.1, 0.15) is 70.2 Å². The van der Waals surface area contributed by atoms with Crippen molar-refractivity contribution >= 4 is 40.6 Å². The van der Waals surface area contributed by atoms with E-state index in [1.54, 1.807) is 24.3 Å². The van der Waals surface area contributed by atoms with Gasteiger partial charge in [0.1, 0.15) is 6.04 Å². The van der Waals surface area contributed by atoms with E-state index in [-0.39, 0.29) is 30.1 Å². The van der Waals surface area contributed by atoms with Crippen molar-refractivity contribution in [3.05, 3.63) is 54.1 Å². The summed E-state index contributed by atoms with van der Waals surface area (Å²) in [4.78, 5) is 55.7. The standard InChI is InChI=1S/C30H38N4O4/c1-20(35)21-11-10-12-22(17-21)31-29(38)32-24-18-33(23-13-6-5-7-14-23)25-15-8-9-16-26(25)34(28(24)37)19-27(36)30(2,3)4/h8-12,15-17,23-24H,5-7,13-14,18-19H2,1-4H3,(H2,31,32,38)/t24-/m1/s1. The van der Waals surface area contributed by atoms with E-state index >= 15 is 0 Å². The molecule has 3 amide bonds. The molecule has 2 aromatic carbocycles. The molecule has 1 aliphatic carbocycles. The molecule has 2 N–H and O–H groups in total. The third kappa shape index (κ3) is 6.23. The monoisotopic (exact) mass is 518 g/mol. The largest absolute Gasteiger partial charge is 0.364 e. The van der Waals surface area contributed by atoms with E-state index in [1.807, 2.05) is 45.0 Å². The summed E-state index contributed by atoms with van der Waals surface area (Å²) in [6, 6.07) is 13.2. The lowest BCUT2D eigenvalue weighted by atomic mass is 9.90. The molecule has 0 aromatic heterocycles. The number of amides is 3. The lowest BCUT2D eigenvalue weighted by molar-refractivity contribution is -0.127. The smallest absolute Gasteiger partial charge is 0.319 e. The van der Waals surface area contributed by atoms with E-state index in [4.69, 9.17) is 0 Å². The van der Waals surface area contributed by atoms with Crippen LogP contribution in [-0.4, -0.2) is 48.7 Å². The Morgan fingerprint density at radius 2 is 1.63 bits per heavy atom. The Morgan fingerprint density at radius 1 is 0.947 bits per heavy atom. The number of Topliss-reactive ketones (excluding diaryl/α,β-unsaturated/α-hetero) is 2. The first-order valence-electron chi connectivity index (χ1n) is 13.4. The van der Waals surface area contributed by atoms with Gasteiger partial charge in [0.2, 0.25) is 0 Å². The number of nitrogens with one attached hydrogen (secondary N) is 2. The summed E-state index contributed by atoms with van der Waals surface area (Å²) in [6.07, 6.45) is 5.46. The number of nitrogens with zero attached hydrogens (tertiary/aromatic N) is 2. The van der Waals surface area contributed by atoms with Gasteiger partial charge in [-0.1, -0.05) is 64.3 Å². The molecule has 1 atom stereocenters. The third-order valence-corrected chi connectivity index (χ3v) is 7.41. The number of para-hydroxylation sites is 2. The van der Waals surface area contributed by atoms with Crippen molar-refractivity contribution in [2.24, 2.45) is 5.41 Å². The zero-order chi connectivity index (χ0) is 27.4. The van der Waals surface area contributed by atoms with Crippen molar-refractivity contribution in [2.75, 3.05) is 28.2 Å². The van der Waals surface area contributed by atoms with Crippen LogP contribution >= 0.6 is 0 Å². The highest BCUT2D eigenvalue weighted by atomic mass is 16.2. The molecule has 38 heavy (non-hydrogen) atoms. The number of benzene rings is 2. The van der Waals surface area contributed by atoms with Gasteiger partial charge in [-0.25, -0.2) is 4.79 Å². The number of hydrogen-bond donors (Lipinski definition) is 2. The van der Waals surface area contributed by atoms with Crippen LogP contribution in [0.3, 0.4) is 0 Å². The highest BCUT2D eigenvalue weighted by molar-refractivity contribution is 6.08. The first-order valence-corrected chi connectivity index (χ1v) is 13.4. The van der Waals surface area contributed by atoms with Gasteiger partial charge in [-0.15, -0.1) is 0 Å². The number of urea groups is 1. The molecule has 0 unspecified atom stereocenters. The van der Waals surface area contributed by atoms with Crippen LogP contribution in [0, 0.1) is 5.41 Å². The minimum Gasteiger partial charge on any atom is -0.364 e. The highest BCUT2D eigenvalue weighted by Crippen LogP contribution is 2.37. The van der Waals surface area contributed by atoms with Gasteiger partial charge in [-0.05, 0) is 44.0 Å². The Bertz CT molecular complexity index is 1210. The molecule has 2 aliphatic rings. The SMILES string of the molecule is CC(=O)c1cccc(NC(=O)N[C@@H]2CN(C3CCCCC3)c3ccccc3N(CC(=O)C(C)(C)C)C2=O)c1. The molecule has 0 spiro atoms. The fraction of sp³-hybridized carbons (Fsp3) is 0.467. The zero-order valence-corrected chi connectivity index (χ0v) is 22.8. The Kier molecular flexibility index (Phi) is 8.19. The first-order chi connectivity index (χ1) is 18.0. The summed E-state index contributed by atoms with van der Waals surface area (Å²) in [5.74, 6) is -0.481. The predicted molar refractivity (Wildman–Crippen MR) is 150 cm³/mol. The summed E-state index contributed by atoms with van der Waals surface area (Å²) in [7, 11) is 0. The van der Waals surface area contributed by atoms with Crippen molar-refractivity contribution in [2.45, 2.75) is 71.9 Å². The topological polar surface area (TPSA) is 98.8 Å². The molecule has 1 aliphatic heterocycles. The molecule has 0 saturated heterocycles. The Morgan fingerprint density at radius 3 is 2.29 bits per heavy atom. The number of carbonyl (C=O) groups excluding carboxylic acids is 4. The quantitative estimate of drug-likeness (QED) is 0.514. The third-order valence-electron chi connectivity index (χ3n) is 7.41. The van der Waals surface area contributed by atoms with Crippen molar-refractivity contribution < 1.29 is 19.2 Å². The summed E-state index contributed by atoms with van der Waals surface area (Å²) in [6.45, 7) is 7.23. The van der Waals surface area contributed by atoms with Crippen molar-refractivity contribution in [3.63, 3.8) is 0 Å². The summed E-state index contributed by atoms with van der Waals surface area (Å²) >= 11 is 0. The van der Waals surface area contributed by atoms with E-state index in [2.05, 4.69) is 15.5 Å². The maximum absolute atomic E-state index is 14.0. The molecule has 4 rings (SSSR count). The molecule has 1 fully saturated rings. The minimum atomic E-state index is -0.868. The Labute approximate surface area is 224 Å². The maximum atomic E-state index is 14.0. The second kappa shape index (κ2) is 11.4. The number of anilines is 3. The van der Waals surface area contributed by atoms with E-state index in [1.165, 1.54) is 18.2 Å². The average Bonchev–Trinajstić information content (AvgIpc) is 2.99. The van der Waals surface area contributed by atoms with Crippen molar-refractivity contribution in [3.8, 4) is 0 Å². The fourth-order valence-corrected chi connectivity index (χ4v) is 5.15. The van der Waals surface area contributed by atoms with Gasteiger partial charge in [0, 0.05) is 29.3 Å². The van der Waals surface area contributed by atoms with Crippen LogP contribution in [0.4, 0.5) is 21.9 Å². The van der Waals surface area contributed by atoms with Crippen LogP contribution in [-0.2, 0) is 9.59 Å². The number of carbonyl (C=O) groups is 4. The van der Waals surface area contributed by atoms with Gasteiger partial charge in [0.15, 0.2) is 11.6 Å². The fourth-order valence-electron chi connectivity index (χ4n) is 5.15. The summed E-state index contributed by atoms with van der Waals surface area (Å²) in [5, 5.41) is 5.63. The molecule has 0 radical (unpaired) electrons. The second-order valence-corrected chi connectivity index (χ2v) is 11.3. The lowest BCUT2D eigenvalue weighted by Crippen LogP contribution is -2.55. The van der Waals surface area contributed by atoms with Crippen molar-refractivity contribution in [1.29, 1.82) is 0 Å². The van der Waals surface area contributed by atoms with E-state index in [0.29, 0.717) is 23.5 Å². The molecule has 0 bridgehead atoms. The van der Waals surface area contributed by atoms with Crippen molar-refractivity contribution in [1.82, 2.24) is 5.32 Å². The van der Waals surface area contributed by atoms with Crippen LogP contribution in [0.25, 0.3) is 0 Å². The van der Waals surface area contributed by atoms with E-state index in [9.17, 15) is 19.2 Å². The minimum absolute atomic E-state index is 0.0592. The summed E-state index contributed by atoms with van der Waals surface area (Å²) in [5.41, 5.74) is 1.93. The average molecular weight is 519 g/mol. The van der Waals surface area contributed by atoms with Crippen LogP contribution in [0.15, 0.2) is 48.5 Å². The lowest BCUT2D eigenvalue weighted by Gasteiger charge is -2.37. The van der Waals surface area contributed by atoms with E-state index in [0.717, 1.165) is 31.4 Å². The molecule has 8 heteroatoms. The first kappa shape index (κ1) is 27.4. The number of ketones is 2. The molecule has 1 heterocycles. The Balaban J connectivity index is 1.65. The number of rotatable bonds is 6. The molecule has 1 saturated carbocycles. The zero-order valence-electron chi connectivity index (χ0n) is 22.8. The molecule has 8 nitrogen and oxygen atoms in total. The maximum Gasteiger partial charge on any atom is 0.319 e. The van der Waals surface area contributed by atoms with E-state index < -0.39 is 17.5 Å². The Hall–Kier alpha value is -3.68. The molecule has 202 valence electrons. The van der Waals surface area contributed by atoms with Gasteiger partial charge in [-0.3, -0.25) is 14.4 Å². The van der Waals surface area contributed by atoms with Crippen LogP contribution in [0.2, 0.25) is 0 Å². The molecular formula is C30H38N4O4. The second-order valence-electron chi connectivity index (χ2n) is 11.3. The van der Waals surface area contributed by atoms with Gasteiger partial charge >= 0.3 is 6.03 Å². The normalized spacial score (nSPS) is 18.4. The van der Waals surface area contributed by atoms with Gasteiger partial charge in [0.25, 0.3) is 5.91 Å².